The van der Waals surface area contributed by atoms with Crippen molar-refractivity contribution in [2.24, 2.45) is 5.73 Å². The molecule has 18 heavy (non-hydrogen) atoms. The van der Waals surface area contributed by atoms with Gasteiger partial charge in [0.05, 0.1) is 16.9 Å². The van der Waals surface area contributed by atoms with E-state index in [0.29, 0.717) is 17.4 Å². The monoisotopic (exact) mass is 268 g/mol. The lowest BCUT2D eigenvalue weighted by Crippen LogP contribution is -2.33. The summed E-state index contributed by atoms with van der Waals surface area (Å²) in [4.78, 5) is 0.322. The van der Waals surface area contributed by atoms with Gasteiger partial charge in [0, 0.05) is 13.7 Å². The second-order valence-corrected chi connectivity index (χ2v) is 5.26. The van der Waals surface area contributed by atoms with Crippen LogP contribution in [0.1, 0.15) is 30.7 Å². The van der Waals surface area contributed by atoms with Crippen molar-refractivity contribution in [3.63, 3.8) is 0 Å². The second-order valence-electron chi connectivity index (χ2n) is 4.82. The smallest absolute Gasteiger partial charge is 0.159 e. The van der Waals surface area contributed by atoms with Crippen LogP contribution in [0.25, 0.3) is 0 Å². The molecule has 0 aliphatic heterocycles. The molecule has 5 nitrogen and oxygen atoms in total. The summed E-state index contributed by atoms with van der Waals surface area (Å²) in [5.41, 5.74) is 7.99. The van der Waals surface area contributed by atoms with Gasteiger partial charge in [0.25, 0.3) is 0 Å². The highest BCUT2D eigenvalue weighted by atomic mass is 32.1. The predicted octanol–water partition coefficient (Wildman–Crippen LogP) is 1.56. The standard InChI is InChI=1S/C12H20N4OS/c1-7-8(2)15-16-11(9(7)10(13)18)14-6-12(3,4)17-5/h6H2,1-5H3,(H2,13,18)(H,14,16). The number of methoxy groups -OCH3 is 1. The van der Waals surface area contributed by atoms with Crippen LogP contribution in [-0.2, 0) is 4.74 Å². The van der Waals surface area contributed by atoms with Gasteiger partial charge in [-0.05, 0) is 33.3 Å². The topological polar surface area (TPSA) is 73.1 Å². The summed E-state index contributed by atoms with van der Waals surface area (Å²) in [7, 11) is 1.67. The van der Waals surface area contributed by atoms with E-state index < -0.39 is 0 Å². The van der Waals surface area contributed by atoms with Crippen molar-refractivity contribution in [3.8, 4) is 0 Å². The molecular weight excluding hydrogens is 248 g/mol. The number of thiocarbonyl (C=S) groups is 1. The van der Waals surface area contributed by atoms with Crippen molar-refractivity contribution >= 4 is 23.0 Å². The van der Waals surface area contributed by atoms with E-state index in [-0.39, 0.29) is 5.60 Å². The van der Waals surface area contributed by atoms with Gasteiger partial charge in [0.2, 0.25) is 0 Å². The number of rotatable bonds is 5. The number of hydrogen-bond donors (Lipinski definition) is 2. The molecule has 0 unspecified atom stereocenters. The second kappa shape index (κ2) is 5.58. The minimum absolute atomic E-state index is 0.298. The Morgan fingerprint density at radius 2 is 2.00 bits per heavy atom. The van der Waals surface area contributed by atoms with Crippen LogP contribution >= 0.6 is 12.2 Å². The van der Waals surface area contributed by atoms with Crippen LogP contribution in [0.15, 0.2) is 0 Å². The molecule has 0 fully saturated rings. The molecule has 0 aliphatic rings. The van der Waals surface area contributed by atoms with Crippen molar-refractivity contribution in [2.75, 3.05) is 19.0 Å². The Bertz CT molecular complexity index is 460. The molecule has 0 radical (unpaired) electrons. The van der Waals surface area contributed by atoms with E-state index in [1.807, 2.05) is 27.7 Å². The SMILES string of the molecule is COC(C)(C)CNc1nnc(C)c(C)c1C(N)=S. The number of nitrogens with zero attached hydrogens (tertiary/aromatic N) is 2. The Morgan fingerprint density at radius 1 is 1.39 bits per heavy atom. The summed E-state index contributed by atoms with van der Waals surface area (Å²) >= 11 is 5.07. The molecule has 0 aromatic carbocycles. The largest absolute Gasteiger partial charge is 0.389 e. The molecule has 0 spiro atoms. The summed E-state index contributed by atoms with van der Waals surface area (Å²) in [6.07, 6.45) is 0. The van der Waals surface area contributed by atoms with Crippen LogP contribution in [0.2, 0.25) is 0 Å². The number of nitrogens with two attached hydrogens (primary N) is 1. The summed E-state index contributed by atoms with van der Waals surface area (Å²) in [6.45, 7) is 8.37. The third-order valence-corrected chi connectivity index (χ3v) is 3.14. The Labute approximate surface area is 113 Å². The number of hydrogen-bond acceptors (Lipinski definition) is 5. The maximum Gasteiger partial charge on any atom is 0.159 e. The minimum atomic E-state index is -0.298. The third kappa shape index (κ3) is 3.36. The zero-order valence-electron chi connectivity index (χ0n) is 11.5. The molecular formula is C12H20N4OS. The maximum absolute atomic E-state index is 5.75. The fourth-order valence-electron chi connectivity index (χ4n) is 1.40. The molecule has 1 rings (SSSR count). The third-order valence-electron chi connectivity index (χ3n) is 2.94. The van der Waals surface area contributed by atoms with Gasteiger partial charge in [0.1, 0.15) is 4.99 Å². The van der Waals surface area contributed by atoms with Gasteiger partial charge >= 0.3 is 0 Å². The van der Waals surface area contributed by atoms with Crippen molar-refractivity contribution in [2.45, 2.75) is 33.3 Å². The molecule has 0 saturated heterocycles. The molecule has 3 N–H and O–H groups in total. The lowest BCUT2D eigenvalue weighted by atomic mass is 10.1. The molecule has 0 atom stereocenters. The van der Waals surface area contributed by atoms with E-state index in [1.54, 1.807) is 7.11 Å². The van der Waals surface area contributed by atoms with Crippen molar-refractivity contribution in [1.82, 2.24) is 10.2 Å². The van der Waals surface area contributed by atoms with Crippen molar-refractivity contribution in [3.05, 3.63) is 16.8 Å². The number of aryl methyl sites for hydroxylation is 1. The molecule has 100 valence electrons. The molecule has 1 aromatic heterocycles. The van der Waals surface area contributed by atoms with E-state index in [0.717, 1.165) is 16.8 Å². The molecule has 0 saturated carbocycles. The first kappa shape index (κ1) is 14.8. The zero-order valence-corrected chi connectivity index (χ0v) is 12.3. The van der Waals surface area contributed by atoms with Crippen molar-refractivity contribution < 1.29 is 4.74 Å². The average Bonchev–Trinajstić information content (AvgIpc) is 2.30. The molecule has 1 heterocycles. The zero-order chi connectivity index (χ0) is 13.9. The highest BCUT2D eigenvalue weighted by Crippen LogP contribution is 2.19. The van der Waals surface area contributed by atoms with E-state index in [9.17, 15) is 0 Å². The fraction of sp³-hybridized carbons (Fsp3) is 0.583. The number of aromatic nitrogens is 2. The first-order valence-electron chi connectivity index (χ1n) is 5.71. The lowest BCUT2D eigenvalue weighted by molar-refractivity contribution is 0.0343. The fourth-order valence-corrected chi connectivity index (χ4v) is 1.65. The first-order valence-corrected chi connectivity index (χ1v) is 6.12. The molecule has 0 aliphatic carbocycles. The van der Waals surface area contributed by atoms with Crippen molar-refractivity contribution in [1.29, 1.82) is 0 Å². The Morgan fingerprint density at radius 3 is 2.50 bits per heavy atom. The summed E-state index contributed by atoms with van der Waals surface area (Å²) in [5.74, 6) is 0.607. The predicted molar refractivity (Wildman–Crippen MR) is 77.0 cm³/mol. The van der Waals surface area contributed by atoms with Crippen LogP contribution in [0.3, 0.4) is 0 Å². The summed E-state index contributed by atoms with van der Waals surface area (Å²) in [6, 6.07) is 0. The maximum atomic E-state index is 5.75. The van der Waals surface area contributed by atoms with Crippen LogP contribution in [-0.4, -0.2) is 34.4 Å². The quantitative estimate of drug-likeness (QED) is 0.790. The number of nitrogens with one attached hydrogen (secondary N) is 1. The Balaban J connectivity index is 3.03. The van der Waals surface area contributed by atoms with Crippen LogP contribution in [0.4, 0.5) is 5.82 Å². The van der Waals surface area contributed by atoms with Gasteiger partial charge in [-0.3, -0.25) is 0 Å². The Kier molecular flexibility index (Phi) is 4.59. The summed E-state index contributed by atoms with van der Waals surface area (Å²) < 4.78 is 5.34. The first-order chi connectivity index (χ1) is 8.28. The lowest BCUT2D eigenvalue weighted by Gasteiger charge is -2.24. The van der Waals surface area contributed by atoms with Gasteiger partial charge in [0.15, 0.2) is 5.82 Å². The number of anilines is 1. The van der Waals surface area contributed by atoms with Gasteiger partial charge in [-0.15, -0.1) is 5.10 Å². The normalized spacial score (nSPS) is 11.4. The summed E-state index contributed by atoms with van der Waals surface area (Å²) in [5, 5.41) is 11.4. The molecule has 0 bridgehead atoms. The van der Waals surface area contributed by atoms with E-state index in [2.05, 4.69) is 15.5 Å². The average molecular weight is 268 g/mol. The van der Waals surface area contributed by atoms with E-state index in [1.165, 1.54) is 0 Å². The van der Waals surface area contributed by atoms with E-state index >= 15 is 0 Å². The highest BCUT2D eigenvalue weighted by Gasteiger charge is 2.19. The van der Waals surface area contributed by atoms with Gasteiger partial charge in [-0.25, -0.2) is 0 Å². The van der Waals surface area contributed by atoms with Crippen LogP contribution in [0.5, 0.6) is 0 Å². The molecule has 6 heteroatoms. The Hall–Kier alpha value is -1.27. The van der Waals surface area contributed by atoms with Gasteiger partial charge in [-0.2, -0.15) is 5.10 Å². The van der Waals surface area contributed by atoms with Gasteiger partial charge in [-0.1, -0.05) is 12.2 Å². The van der Waals surface area contributed by atoms with Crippen LogP contribution < -0.4 is 11.1 Å². The van der Waals surface area contributed by atoms with E-state index in [4.69, 9.17) is 22.7 Å². The molecule has 0 amide bonds. The van der Waals surface area contributed by atoms with Gasteiger partial charge < -0.3 is 15.8 Å². The minimum Gasteiger partial charge on any atom is -0.389 e. The number of ether oxygens (including phenoxy) is 1. The highest BCUT2D eigenvalue weighted by molar-refractivity contribution is 7.80. The van der Waals surface area contributed by atoms with Crippen LogP contribution in [0, 0.1) is 13.8 Å². The molecule has 1 aromatic rings.